The Bertz CT molecular complexity index is 510. The Labute approximate surface area is 136 Å². The Balaban J connectivity index is 1.87. The third kappa shape index (κ3) is 4.98. The second-order valence-electron chi connectivity index (χ2n) is 4.93. The molecule has 2 rings (SSSR count). The molecule has 0 saturated carbocycles. The minimum absolute atomic E-state index is 0.00710. The zero-order valence-electron chi connectivity index (χ0n) is 11.7. The van der Waals surface area contributed by atoms with Gasteiger partial charge in [0, 0.05) is 23.9 Å². The normalized spacial score (nSPS) is 18.5. The van der Waals surface area contributed by atoms with Crippen LogP contribution in [0.25, 0.3) is 0 Å². The molecule has 1 heterocycles. The summed E-state index contributed by atoms with van der Waals surface area (Å²) >= 11 is 5.72. The molecule has 122 valence electrons. The van der Waals surface area contributed by atoms with Gasteiger partial charge in [0.1, 0.15) is 0 Å². The first-order valence-corrected chi connectivity index (χ1v) is 8.24. The van der Waals surface area contributed by atoms with Gasteiger partial charge in [-0.05, 0) is 42.3 Å². The highest BCUT2D eigenvalue weighted by molar-refractivity contribution is 8.00. The van der Waals surface area contributed by atoms with E-state index in [0.29, 0.717) is 11.6 Å². The summed E-state index contributed by atoms with van der Waals surface area (Å²) in [6.45, 7) is 0.596. The lowest BCUT2D eigenvalue weighted by Gasteiger charge is -2.25. The number of carbonyl (C=O) groups is 1. The number of alkyl halides is 3. The number of hydrogen-bond acceptors (Lipinski definition) is 2. The van der Waals surface area contributed by atoms with Gasteiger partial charge < -0.3 is 10.2 Å². The van der Waals surface area contributed by atoms with E-state index in [1.165, 1.54) is 0 Å². The summed E-state index contributed by atoms with van der Waals surface area (Å²) in [5, 5.41) is 3.18. The molecule has 1 saturated heterocycles. The van der Waals surface area contributed by atoms with Crippen molar-refractivity contribution in [3.05, 3.63) is 34.9 Å². The van der Waals surface area contributed by atoms with Crippen LogP contribution in [0.1, 0.15) is 24.4 Å². The molecule has 0 spiro atoms. The zero-order valence-corrected chi connectivity index (χ0v) is 13.3. The van der Waals surface area contributed by atoms with E-state index in [-0.39, 0.29) is 36.1 Å². The average Bonchev–Trinajstić information content (AvgIpc) is 2.92. The van der Waals surface area contributed by atoms with Crippen LogP contribution in [-0.2, 0) is 0 Å². The predicted octanol–water partition coefficient (Wildman–Crippen LogP) is 4.44. The van der Waals surface area contributed by atoms with E-state index in [2.05, 4.69) is 5.32 Å². The van der Waals surface area contributed by atoms with Crippen molar-refractivity contribution in [1.29, 1.82) is 0 Å². The average molecular weight is 353 g/mol. The number of halogens is 4. The van der Waals surface area contributed by atoms with Crippen LogP contribution >= 0.6 is 23.4 Å². The predicted molar refractivity (Wildman–Crippen MR) is 82.0 cm³/mol. The van der Waals surface area contributed by atoms with E-state index in [9.17, 15) is 18.0 Å². The molecule has 2 amide bonds. The van der Waals surface area contributed by atoms with Gasteiger partial charge in [-0.2, -0.15) is 13.2 Å². The Hall–Kier alpha value is -1.08. The molecular weight excluding hydrogens is 337 g/mol. The third-order valence-electron chi connectivity index (χ3n) is 3.41. The molecule has 0 aliphatic carbocycles. The molecule has 1 N–H and O–H groups in total. The lowest BCUT2D eigenvalue weighted by molar-refractivity contribution is -0.0327. The van der Waals surface area contributed by atoms with E-state index >= 15 is 0 Å². The van der Waals surface area contributed by atoms with Crippen molar-refractivity contribution >= 4 is 29.4 Å². The molecule has 0 radical (unpaired) electrons. The molecule has 1 aromatic carbocycles. The monoisotopic (exact) mass is 352 g/mol. The van der Waals surface area contributed by atoms with Gasteiger partial charge in [0.05, 0.1) is 6.04 Å². The number of amides is 2. The first-order valence-electron chi connectivity index (χ1n) is 6.87. The van der Waals surface area contributed by atoms with Gasteiger partial charge in [0.2, 0.25) is 0 Å². The van der Waals surface area contributed by atoms with Crippen molar-refractivity contribution in [2.24, 2.45) is 0 Å². The highest BCUT2D eigenvalue weighted by atomic mass is 35.5. The second-order valence-corrected chi connectivity index (χ2v) is 6.53. The molecule has 8 heteroatoms. The zero-order chi connectivity index (χ0) is 16.2. The Morgan fingerprint density at radius 1 is 1.36 bits per heavy atom. The molecular formula is C14H16ClF3N2OS. The van der Waals surface area contributed by atoms with Gasteiger partial charge in [0.15, 0.2) is 0 Å². The minimum atomic E-state index is -4.26. The smallest absolute Gasteiger partial charge is 0.337 e. The van der Waals surface area contributed by atoms with Crippen molar-refractivity contribution in [3.63, 3.8) is 0 Å². The number of likely N-dealkylation sites (tertiary alicyclic amines) is 1. The van der Waals surface area contributed by atoms with Gasteiger partial charge in [-0.3, -0.25) is 0 Å². The maximum Gasteiger partial charge on any atom is 0.441 e. The number of nitrogens with zero attached hydrogens (tertiary/aromatic N) is 1. The van der Waals surface area contributed by atoms with Crippen LogP contribution in [0.3, 0.4) is 0 Å². The number of thioether (sulfide) groups is 1. The molecule has 1 aliphatic rings. The fourth-order valence-electron chi connectivity index (χ4n) is 2.47. The Morgan fingerprint density at radius 3 is 2.68 bits per heavy atom. The van der Waals surface area contributed by atoms with Crippen molar-refractivity contribution in [1.82, 2.24) is 10.2 Å². The standard InChI is InChI=1S/C14H16ClF3N2OS/c15-11-5-3-10(4-6-11)12-2-1-8-20(12)13(21)19-7-9-22-14(16,17)18/h3-6,12H,1-2,7-9H2,(H,19,21). The van der Waals surface area contributed by atoms with Crippen molar-refractivity contribution in [3.8, 4) is 0 Å². The number of urea groups is 1. The van der Waals surface area contributed by atoms with Gasteiger partial charge in [0.25, 0.3) is 0 Å². The number of hydrogen-bond donors (Lipinski definition) is 1. The van der Waals surface area contributed by atoms with Crippen LogP contribution in [0.4, 0.5) is 18.0 Å². The summed E-state index contributed by atoms with van der Waals surface area (Å²) in [6, 6.07) is 6.92. The Morgan fingerprint density at radius 2 is 2.05 bits per heavy atom. The number of benzene rings is 1. The van der Waals surface area contributed by atoms with Gasteiger partial charge in [-0.25, -0.2) is 4.79 Å². The van der Waals surface area contributed by atoms with Gasteiger partial charge >= 0.3 is 11.5 Å². The number of nitrogens with one attached hydrogen (secondary N) is 1. The van der Waals surface area contributed by atoms with Crippen molar-refractivity contribution in [2.75, 3.05) is 18.8 Å². The second kappa shape index (κ2) is 7.46. The number of carbonyl (C=O) groups excluding carboxylic acids is 1. The summed E-state index contributed by atoms with van der Waals surface area (Å²) in [7, 11) is 0. The van der Waals surface area contributed by atoms with E-state index in [1.54, 1.807) is 17.0 Å². The maximum atomic E-state index is 12.1. The highest BCUT2D eigenvalue weighted by Crippen LogP contribution is 2.32. The quantitative estimate of drug-likeness (QED) is 0.812. The van der Waals surface area contributed by atoms with E-state index in [4.69, 9.17) is 11.6 Å². The molecule has 1 aromatic rings. The fraction of sp³-hybridized carbons (Fsp3) is 0.500. The largest absolute Gasteiger partial charge is 0.441 e. The lowest BCUT2D eigenvalue weighted by Crippen LogP contribution is -2.40. The van der Waals surface area contributed by atoms with Crippen LogP contribution in [0.15, 0.2) is 24.3 Å². The SMILES string of the molecule is O=C(NCCSC(F)(F)F)N1CCCC1c1ccc(Cl)cc1. The highest BCUT2D eigenvalue weighted by Gasteiger charge is 2.30. The summed E-state index contributed by atoms with van der Waals surface area (Å²) in [5.41, 5.74) is -3.27. The summed E-state index contributed by atoms with van der Waals surface area (Å²) in [4.78, 5) is 13.8. The van der Waals surface area contributed by atoms with Crippen LogP contribution in [0.5, 0.6) is 0 Å². The molecule has 1 unspecified atom stereocenters. The van der Waals surface area contributed by atoms with E-state index in [0.717, 1.165) is 18.4 Å². The van der Waals surface area contributed by atoms with Crippen LogP contribution in [0.2, 0.25) is 5.02 Å². The summed E-state index contributed by atoms with van der Waals surface area (Å²) in [5.74, 6) is -0.186. The van der Waals surface area contributed by atoms with Gasteiger partial charge in [-0.1, -0.05) is 23.7 Å². The third-order valence-corrected chi connectivity index (χ3v) is 4.40. The van der Waals surface area contributed by atoms with Crippen LogP contribution in [0, 0.1) is 0 Å². The molecule has 1 fully saturated rings. The summed E-state index contributed by atoms with van der Waals surface area (Å²) in [6.07, 6.45) is 1.71. The molecule has 0 bridgehead atoms. The fourth-order valence-corrected chi connectivity index (χ4v) is 3.03. The lowest BCUT2D eigenvalue weighted by atomic mass is 10.1. The minimum Gasteiger partial charge on any atom is -0.337 e. The van der Waals surface area contributed by atoms with E-state index in [1.807, 2.05) is 12.1 Å². The first-order chi connectivity index (χ1) is 10.4. The van der Waals surface area contributed by atoms with Gasteiger partial charge in [-0.15, -0.1) is 0 Å². The molecule has 0 aromatic heterocycles. The molecule has 1 aliphatic heterocycles. The van der Waals surface area contributed by atoms with Crippen molar-refractivity contribution < 1.29 is 18.0 Å². The van der Waals surface area contributed by atoms with E-state index < -0.39 is 5.51 Å². The van der Waals surface area contributed by atoms with Crippen molar-refractivity contribution in [2.45, 2.75) is 24.4 Å². The molecule has 3 nitrogen and oxygen atoms in total. The topological polar surface area (TPSA) is 32.3 Å². The maximum absolute atomic E-state index is 12.1. The summed E-state index contributed by atoms with van der Waals surface area (Å²) < 4.78 is 36.1. The van der Waals surface area contributed by atoms with Crippen LogP contribution < -0.4 is 5.32 Å². The number of rotatable bonds is 4. The first kappa shape index (κ1) is 17.3. The van der Waals surface area contributed by atoms with Crippen LogP contribution in [-0.4, -0.2) is 35.3 Å². The molecule has 1 atom stereocenters. The Kier molecular flexibility index (Phi) is 5.86. The molecule has 22 heavy (non-hydrogen) atoms.